The van der Waals surface area contributed by atoms with E-state index in [4.69, 9.17) is 4.42 Å². The van der Waals surface area contributed by atoms with Crippen molar-refractivity contribution in [2.45, 2.75) is 39.2 Å². The number of aryl methyl sites for hydroxylation is 3. The second kappa shape index (κ2) is 6.17. The minimum Gasteiger partial charge on any atom is -0.469 e. The summed E-state index contributed by atoms with van der Waals surface area (Å²) in [4.78, 5) is 9.16. The summed E-state index contributed by atoms with van der Waals surface area (Å²) in [5.74, 6) is 2.70. The maximum Gasteiger partial charge on any atom is 0.163 e. The average molecular weight is 299 g/mol. The Kier molecular flexibility index (Phi) is 4.09. The Morgan fingerprint density at radius 2 is 2.23 bits per heavy atom. The number of hydrogen-bond donors (Lipinski definition) is 1. The van der Waals surface area contributed by atoms with E-state index in [9.17, 15) is 0 Å². The Hall–Kier alpha value is -2.37. The molecule has 0 aliphatic carbocycles. The molecule has 6 heteroatoms. The van der Waals surface area contributed by atoms with Gasteiger partial charge in [0.2, 0.25) is 0 Å². The lowest BCUT2D eigenvalue weighted by atomic mass is 10.1. The first-order valence-corrected chi connectivity index (χ1v) is 7.65. The van der Waals surface area contributed by atoms with E-state index in [1.807, 2.05) is 25.4 Å². The van der Waals surface area contributed by atoms with Crippen molar-refractivity contribution in [3.63, 3.8) is 0 Å². The standard InChI is InChI=1S/C16H21N5O/c1-4-14-19-15(13-10-17-21(3)16(13)20-14)18-11(2)7-8-12-6-5-9-22-12/h5-6,9-11H,4,7-8H2,1-3H3,(H,18,19,20). The molecule has 3 aromatic heterocycles. The molecule has 1 N–H and O–H groups in total. The Morgan fingerprint density at radius 1 is 1.36 bits per heavy atom. The van der Waals surface area contributed by atoms with E-state index in [0.29, 0.717) is 0 Å². The number of furan rings is 1. The van der Waals surface area contributed by atoms with Gasteiger partial charge in [0.1, 0.15) is 17.4 Å². The minimum absolute atomic E-state index is 0.285. The molecule has 0 saturated carbocycles. The van der Waals surface area contributed by atoms with Crippen LogP contribution in [-0.4, -0.2) is 25.8 Å². The van der Waals surface area contributed by atoms with Crippen LogP contribution in [0.15, 0.2) is 29.0 Å². The van der Waals surface area contributed by atoms with E-state index in [1.54, 1.807) is 10.9 Å². The highest BCUT2D eigenvalue weighted by molar-refractivity contribution is 5.86. The summed E-state index contributed by atoms with van der Waals surface area (Å²) in [6.45, 7) is 4.21. The average Bonchev–Trinajstić information content (AvgIpc) is 3.15. The zero-order valence-electron chi connectivity index (χ0n) is 13.2. The van der Waals surface area contributed by atoms with Crippen LogP contribution < -0.4 is 5.32 Å². The van der Waals surface area contributed by atoms with Gasteiger partial charge < -0.3 is 9.73 Å². The fourth-order valence-electron chi connectivity index (χ4n) is 2.45. The summed E-state index contributed by atoms with van der Waals surface area (Å²) < 4.78 is 7.16. The lowest BCUT2D eigenvalue weighted by molar-refractivity contribution is 0.495. The first-order valence-electron chi connectivity index (χ1n) is 7.65. The predicted octanol–water partition coefficient (Wildman–Crippen LogP) is 2.95. The normalized spacial score (nSPS) is 12.7. The molecular formula is C16H21N5O. The maximum atomic E-state index is 5.38. The van der Waals surface area contributed by atoms with Crippen molar-refractivity contribution in [3.05, 3.63) is 36.2 Å². The fourth-order valence-corrected chi connectivity index (χ4v) is 2.45. The number of nitrogens with zero attached hydrogens (tertiary/aromatic N) is 4. The number of fused-ring (bicyclic) bond motifs is 1. The van der Waals surface area contributed by atoms with Crippen LogP contribution in [0, 0.1) is 0 Å². The molecule has 0 bridgehead atoms. The van der Waals surface area contributed by atoms with Crippen LogP contribution in [0.3, 0.4) is 0 Å². The number of rotatable bonds is 6. The van der Waals surface area contributed by atoms with Crippen molar-refractivity contribution in [1.29, 1.82) is 0 Å². The number of nitrogens with one attached hydrogen (secondary N) is 1. The Balaban J connectivity index is 1.77. The smallest absolute Gasteiger partial charge is 0.163 e. The predicted molar refractivity (Wildman–Crippen MR) is 85.8 cm³/mol. The van der Waals surface area contributed by atoms with Crippen LogP contribution in [-0.2, 0) is 19.9 Å². The maximum absolute atomic E-state index is 5.38. The molecule has 116 valence electrons. The van der Waals surface area contributed by atoms with E-state index in [2.05, 4.69) is 34.2 Å². The largest absolute Gasteiger partial charge is 0.469 e. The van der Waals surface area contributed by atoms with Crippen molar-refractivity contribution in [1.82, 2.24) is 19.7 Å². The van der Waals surface area contributed by atoms with Gasteiger partial charge in [-0.15, -0.1) is 0 Å². The van der Waals surface area contributed by atoms with E-state index in [-0.39, 0.29) is 6.04 Å². The van der Waals surface area contributed by atoms with Gasteiger partial charge >= 0.3 is 0 Å². The molecule has 22 heavy (non-hydrogen) atoms. The highest BCUT2D eigenvalue weighted by atomic mass is 16.3. The van der Waals surface area contributed by atoms with Gasteiger partial charge in [0.25, 0.3) is 0 Å². The molecule has 1 unspecified atom stereocenters. The summed E-state index contributed by atoms with van der Waals surface area (Å²) in [6.07, 6.45) is 6.21. The van der Waals surface area contributed by atoms with E-state index >= 15 is 0 Å². The van der Waals surface area contributed by atoms with Crippen molar-refractivity contribution in [3.8, 4) is 0 Å². The van der Waals surface area contributed by atoms with Crippen molar-refractivity contribution < 1.29 is 4.42 Å². The van der Waals surface area contributed by atoms with Crippen LogP contribution in [0.25, 0.3) is 11.0 Å². The Labute approximate surface area is 129 Å². The molecular weight excluding hydrogens is 278 g/mol. The van der Waals surface area contributed by atoms with Crippen LogP contribution in [0.4, 0.5) is 5.82 Å². The molecule has 0 fully saturated rings. The molecule has 0 saturated heterocycles. The molecule has 3 aromatic rings. The number of hydrogen-bond acceptors (Lipinski definition) is 5. The van der Waals surface area contributed by atoms with Gasteiger partial charge in [-0.3, -0.25) is 4.68 Å². The fraction of sp³-hybridized carbons (Fsp3) is 0.438. The summed E-state index contributed by atoms with van der Waals surface area (Å²) in [6, 6.07) is 4.21. The van der Waals surface area contributed by atoms with Crippen LogP contribution in [0.2, 0.25) is 0 Å². The van der Waals surface area contributed by atoms with Gasteiger partial charge in [0, 0.05) is 25.9 Å². The van der Waals surface area contributed by atoms with Crippen molar-refractivity contribution in [2.24, 2.45) is 7.05 Å². The Morgan fingerprint density at radius 3 is 2.95 bits per heavy atom. The van der Waals surface area contributed by atoms with E-state index in [1.165, 1.54) is 0 Å². The third kappa shape index (κ3) is 2.95. The van der Waals surface area contributed by atoms with E-state index in [0.717, 1.165) is 47.7 Å². The third-order valence-electron chi connectivity index (χ3n) is 3.74. The van der Waals surface area contributed by atoms with Crippen LogP contribution in [0.1, 0.15) is 31.9 Å². The highest BCUT2D eigenvalue weighted by Crippen LogP contribution is 2.21. The monoisotopic (exact) mass is 299 g/mol. The quantitative estimate of drug-likeness (QED) is 0.758. The second-order valence-corrected chi connectivity index (χ2v) is 5.51. The Bertz CT molecular complexity index is 747. The molecule has 0 aliphatic rings. The SMILES string of the molecule is CCc1nc(NC(C)CCc2ccco2)c2cnn(C)c2n1. The zero-order chi connectivity index (χ0) is 15.5. The minimum atomic E-state index is 0.285. The zero-order valence-corrected chi connectivity index (χ0v) is 13.2. The summed E-state index contributed by atoms with van der Waals surface area (Å²) in [5.41, 5.74) is 0.868. The molecule has 1 atom stereocenters. The summed E-state index contributed by atoms with van der Waals surface area (Å²) >= 11 is 0. The van der Waals surface area contributed by atoms with Crippen molar-refractivity contribution in [2.75, 3.05) is 5.32 Å². The van der Waals surface area contributed by atoms with Gasteiger partial charge in [0.15, 0.2) is 5.65 Å². The number of aromatic nitrogens is 4. The second-order valence-electron chi connectivity index (χ2n) is 5.51. The van der Waals surface area contributed by atoms with Gasteiger partial charge in [-0.2, -0.15) is 5.10 Å². The van der Waals surface area contributed by atoms with Crippen LogP contribution in [0.5, 0.6) is 0 Å². The first-order chi connectivity index (χ1) is 10.7. The summed E-state index contributed by atoms with van der Waals surface area (Å²) in [5, 5.41) is 8.74. The molecule has 0 amide bonds. The van der Waals surface area contributed by atoms with Crippen LogP contribution >= 0.6 is 0 Å². The molecule has 0 aromatic carbocycles. The van der Waals surface area contributed by atoms with Gasteiger partial charge in [-0.25, -0.2) is 9.97 Å². The number of anilines is 1. The topological polar surface area (TPSA) is 68.8 Å². The van der Waals surface area contributed by atoms with Gasteiger partial charge in [0.05, 0.1) is 17.8 Å². The third-order valence-corrected chi connectivity index (χ3v) is 3.74. The molecule has 3 rings (SSSR count). The lowest BCUT2D eigenvalue weighted by Gasteiger charge is -2.15. The molecule has 6 nitrogen and oxygen atoms in total. The first kappa shape index (κ1) is 14.6. The van der Waals surface area contributed by atoms with E-state index < -0.39 is 0 Å². The molecule has 0 radical (unpaired) electrons. The highest BCUT2D eigenvalue weighted by Gasteiger charge is 2.13. The molecule has 0 spiro atoms. The van der Waals surface area contributed by atoms with Gasteiger partial charge in [-0.05, 0) is 25.5 Å². The van der Waals surface area contributed by atoms with Crippen molar-refractivity contribution >= 4 is 16.9 Å². The summed E-state index contributed by atoms with van der Waals surface area (Å²) in [7, 11) is 1.90. The molecule has 3 heterocycles. The van der Waals surface area contributed by atoms with Gasteiger partial charge in [-0.1, -0.05) is 6.92 Å². The molecule has 0 aliphatic heterocycles. The lowest BCUT2D eigenvalue weighted by Crippen LogP contribution is -2.17.